The summed E-state index contributed by atoms with van der Waals surface area (Å²) in [7, 11) is 1.65. The average molecular weight is 322 g/mol. The molecule has 1 heterocycles. The van der Waals surface area contributed by atoms with Gasteiger partial charge in [0.2, 0.25) is 0 Å². The Balaban J connectivity index is 1.83. The van der Waals surface area contributed by atoms with Gasteiger partial charge in [-0.2, -0.15) is 11.8 Å². The number of carbonyl (C=O) groups excluding carboxylic acids is 2. The van der Waals surface area contributed by atoms with E-state index in [0.29, 0.717) is 6.54 Å². The zero-order valence-electron chi connectivity index (χ0n) is 12.9. The van der Waals surface area contributed by atoms with Gasteiger partial charge in [0.25, 0.3) is 0 Å². The molecule has 1 aromatic rings. The minimum Gasteiger partial charge on any atom is -0.376 e. The van der Waals surface area contributed by atoms with E-state index in [1.165, 1.54) is 0 Å². The van der Waals surface area contributed by atoms with Gasteiger partial charge in [0.1, 0.15) is 0 Å². The predicted octanol–water partition coefficient (Wildman–Crippen LogP) is 1.50. The fourth-order valence-corrected chi connectivity index (χ4v) is 3.77. The van der Waals surface area contributed by atoms with Crippen molar-refractivity contribution in [1.29, 1.82) is 0 Å². The molecule has 0 unspecified atom stereocenters. The molecule has 5 nitrogen and oxygen atoms in total. The van der Waals surface area contributed by atoms with Gasteiger partial charge >= 0.3 is 11.8 Å². The molecule has 1 aliphatic rings. The van der Waals surface area contributed by atoms with Crippen LogP contribution >= 0.6 is 11.8 Å². The normalized spacial score (nSPS) is 22.1. The Labute approximate surface area is 135 Å². The van der Waals surface area contributed by atoms with E-state index in [4.69, 9.17) is 4.74 Å². The number of hydrogen-bond donors (Lipinski definition) is 2. The predicted molar refractivity (Wildman–Crippen MR) is 87.7 cm³/mol. The first kappa shape index (κ1) is 16.8. The molecule has 120 valence electrons. The number of ether oxygens (including phenoxy) is 1. The van der Waals surface area contributed by atoms with Crippen LogP contribution in [0.1, 0.15) is 24.9 Å². The number of rotatable bonds is 5. The standard InChI is InChI=1S/C16H22N2O3S/c1-12(13-6-4-3-5-7-13)18-15(20)14(19)17-10-16(21-2)8-9-22-11-16/h3-7,12H,8-11H2,1-2H3,(H,17,19)(H,18,20)/t12-,16-/m0/s1. The van der Waals surface area contributed by atoms with Gasteiger partial charge in [-0.25, -0.2) is 0 Å². The van der Waals surface area contributed by atoms with Crippen molar-refractivity contribution in [2.75, 3.05) is 25.2 Å². The van der Waals surface area contributed by atoms with Gasteiger partial charge in [-0.3, -0.25) is 9.59 Å². The maximum atomic E-state index is 12.0. The van der Waals surface area contributed by atoms with Crippen LogP contribution in [0.5, 0.6) is 0 Å². The molecule has 0 saturated carbocycles. The first-order valence-electron chi connectivity index (χ1n) is 7.33. The van der Waals surface area contributed by atoms with Crippen molar-refractivity contribution >= 4 is 23.6 Å². The molecule has 2 amide bonds. The maximum Gasteiger partial charge on any atom is 0.309 e. The van der Waals surface area contributed by atoms with Crippen LogP contribution in [0.15, 0.2) is 30.3 Å². The van der Waals surface area contributed by atoms with E-state index in [1.807, 2.05) is 37.3 Å². The second-order valence-electron chi connectivity index (χ2n) is 5.48. The van der Waals surface area contributed by atoms with Crippen LogP contribution < -0.4 is 10.6 Å². The first-order valence-corrected chi connectivity index (χ1v) is 8.48. The van der Waals surface area contributed by atoms with Crippen molar-refractivity contribution in [2.45, 2.75) is 25.0 Å². The van der Waals surface area contributed by atoms with Crippen LogP contribution in [0, 0.1) is 0 Å². The lowest BCUT2D eigenvalue weighted by Crippen LogP contribution is -2.49. The quantitative estimate of drug-likeness (QED) is 0.806. The summed E-state index contributed by atoms with van der Waals surface area (Å²) in [6, 6.07) is 9.33. The van der Waals surface area contributed by atoms with Gasteiger partial charge in [-0.05, 0) is 24.7 Å². The number of hydrogen-bond acceptors (Lipinski definition) is 4. The highest BCUT2D eigenvalue weighted by Crippen LogP contribution is 2.30. The molecule has 0 aromatic heterocycles. The monoisotopic (exact) mass is 322 g/mol. The highest BCUT2D eigenvalue weighted by atomic mass is 32.2. The smallest absolute Gasteiger partial charge is 0.309 e. The largest absolute Gasteiger partial charge is 0.376 e. The molecule has 0 bridgehead atoms. The molecule has 2 rings (SSSR count). The van der Waals surface area contributed by atoms with Gasteiger partial charge in [-0.1, -0.05) is 30.3 Å². The van der Waals surface area contributed by atoms with E-state index in [-0.39, 0.29) is 11.6 Å². The summed E-state index contributed by atoms with van der Waals surface area (Å²) in [4.78, 5) is 23.9. The molecule has 1 aromatic carbocycles. The lowest BCUT2D eigenvalue weighted by atomic mass is 10.0. The number of thioether (sulfide) groups is 1. The lowest BCUT2D eigenvalue weighted by molar-refractivity contribution is -0.140. The van der Waals surface area contributed by atoms with E-state index in [1.54, 1.807) is 18.9 Å². The Bertz CT molecular complexity index is 515. The van der Waals surface area contributed by atoms with Crippen molar-refractivity contribution in [3.63, 3.8) is 0 Å². The van der Waals surface area contributed by atoms with E-state index in [9.17, 15) is 9.59 Å². The third-order valence-corrected chi connectivity index (χ3v) is 5.15. The second kappa shape index (κ2) is 7.65. The highest BCUT2D eigenvalue weighted by Gasteiger charge is 2.35. The summed E-state index contributed by atoms with van der Waals surface area (Å²) in [5.74, 6) is 0.622. The number of carbonyl (C=O) groups is 2. The molecule has 0 spiro atoms. The van der Waals surface area contributed by atoms with Crippen molar-refractivity contribution < 1.29 is 14.3 Å². The molecule has 2 atom stereocenters. The third-order valence-electron chi connectivity index (χ3n) is 3.92. The summed E-state index contributed by atoms with van der Waals surface area (Å²) in [6.07, 6.45) is 0.885. The summed E-state index contributed by atoms with van der Waals surface area (Å²) >= 11 is 1.80. The fourth-order valence-electron chi connectivity index (χ4n) is 2.37. The molecule has 6 heteroatoms. The summed E-state index contributed by atoms with van der Waals surface area (Å²) in [5, 5.41) is 5.39. The van der Waals surface area contributed by atoms with Gasteiger partial charge in [0.15, 0.2) is 0 Å². The summed E-state index contributed by atoms with van der Waals surface area (Å²) in [6.45, 7) is 2.22. The third kappa shape index (κ3) is 4.24. The van der Waals surface area contributed by atoms with Gasteiger partial charge in [-0.15, -0.1) is 0 Å². The molecular weight excluding hydrogens is 300 g/mol. The first-order chi connectivity index (χ1) is 10.6. The van der Waals surface area contributed by atoms with E-state index >= 15 is 0 Å². The molecule has 1 aliphatic heterocycles. The van der Waals surface area contributed by atoms with Gasteiger partial charge in [0, 0.05) is 19.4 Å². The SMILES string of the molecule is CO[C@]1(CNC(=O)C(=O)N[C@@H](C)c2ccccc2)CCSC1. The molecule has 0 aliphatic carbocycles. The van der Waals surface area contributed by atoms with E-state index in [0.717, 1.165) is 23.5 Å². The summed E-state index contributed by atoms with van der Waals surface area (Å²) in [5.41, 5.74) is 0.621. The van der Waals surface area contributed by atoms with Crippen molar-refractivity contribution in [3.8, 4) is 0 Å². The van der Waals surface area contributed by atoms with Gasteiger partial charge in [0.05, 0.1) is 11.6 Å². The van der Waals surface area contributed by atoms with Crippen LogP contribution in [0.4, 0.5) is 0 Å². The topological polar surface area (TPSA) is 67.4 Å². The Morgan fingerprint density at radius 1 is 1.32 bits per heavy atom. The summed E-state index contributed by atoms with van der Waals surface area (Å²) < 4.78 is 5.51. The number of methoxy groups -OCH3 is 1. The lowest BCUT2D eigenvalue weighted by Gasteiger charge is -2.26. The Hall–Kier alpha value is -1.53. The Morgan fingerprint density at radius 3 is 2.64 bits per heavy atom. The van der Waals surface area contributed by atoms with Crippen molar-refractivity contribution in [2.24, 2.45) is 0 Å². The number of nitrogens with one attached hydrogen (secondary N) is 2. The second-order valence-corrected chi connectivity index (χ2v) is 6.58. The Kier molecular flexibility index (Phi) is 5.85. The number of amides is 2. The van der Waals surface area contributed by atoms with Crippen LogP contribution in [0.2, 0.25) is 0 Å². The minimum absolute atomic E-state index is 0.210. The zero-order valence-corrected chi connectivity index (χ0v) is 13.7. The van der Waals surface area contributed by atoms with E-state index in [2.05, 4.69) is 10.6 Å². The average Bonchev–Trinajstić information content (AvgIpc) is 3.02. The van der Waals surface area contributed by atoms with Crippen molar-refractivity contribution in [3.05, 3.63) is 35.9 Å². The van der Waals surface area contributed by atoms with Crippen LogP contribution in [0.25, 0.3) is 0 Å². The van der Waals surface area contributed by atoms with Crippen LogP contribution in [-0.4, -0.2) is 42.6 Å². The molecule has 22 heavy (non-hydrogen) atoms. The molecule has 0 radical (unpaired) electrons. The fraction of sp³-hybridized carbons (Fsp3) is 0.500. The molecular formula is C16H22N2O3S. The zero-order chi connectivity index (χ0) is 16.0. The minimum atomic E-state index is -0.617. The van der Waals surface area contributed by atoms with Gasteiger partial charge < -0.3 is 15.4 Å². The molecule has 1 saturated heterocycles. The highest BCUT2D eigenvalue weighted by molar-refractivity contribution is 7.99. The molecule has 2 N–H and O–H groups in total. The van der Waals surface area contributed by atoms with Crippen LogP contribution in [-0.2, 0) is 14.3 Å². The Morgan fingerprint density at radius 2 is 2.05 bits per heavy atom. The van der Waals surface area contributed by atoms with Crippen molar-refractivity contribution in [1.82, 2.24) is 10.6 Å². The van der Waals surface area contributed by atoms with E-state index < -0.39 is 11.8 Å². The number of benzene rings is 1. The van der Waals surface area contributed by atoms with Crippen LogP contribution in [0.3, 0.4) is 0 Å². The molecule has 1 fully saturated rings. The maximum absolute atomic E-state index is 12.0.